The molecule has 0 spiro atoms. The molecule has 2 N–H and O–H groups in total. The van der Waals surface area contributed by atoms with Crippen LogP contribution in [0.1, 0.15) is 17.3 Å². The number of nitrogens with zero attached hydrogens (tertiary/aromatic N) is 2. The highest BCUT2D eigenvalue weighted by molar-refractivity contribution is 5.31. The molecule has 1 heterocycles. The van der Waals surface area contributed by atoms with Crippen molar-refractivity contribution < 1.29 is 9.26 Å². The SMILES string of the molecule is Cc1ccccc1OCc1nc(CN)no1. The quantitative estimate of drug-likeness (QED) is 0.841. The summed E-state index contributed by atoms with van der Waals surface area (Å²) >= 11 is 0. The first-order valence-corrected chi connectivity index (χ1v) is 4.99. The lowest BCUT2D eigenvalue weighted by atomic mass is 10.2. The Morgan fingerprint density at radius 3 is 2.88 bits per heavy atom. The number of para-hydroxylation sites is 1. The first-order chi connectivity index (χ1) is 7.79. The summed E-state index contributed by atoms with van der Waals surface area (Å²) in [7, 11) is 0. The van der Waals surface area contributed by atoms with Gasteiger partial charge in [-0.2, -0.15) is 4.98 Å². The highest BCUT2D eigenvalue weighted by Gasteiger charge is 2.06. The number of benzene rings is 1. The van der Waals surface area contributed by atoms with E-state index in [1.807, 2.05) is 31.2 Å². The predicted octanol–water partition coefficient (Wildman–Crippen LogP) is 1.42. The van der Waals surface area contributed by atoms with Crippen LogP contribution >= 0.6 is 0 Å². The number of aromatic nitrogens is 2. The van der Waals surface area contributed by atoms with Crippen LogP contribution in [0.15, 0.2) is 28.8 Å². The zero-order valence-electron chi connectivity index (χ0n) is 9.01. The van der Waals surface area contributed by atoms with Crippen molar-refractivity contribution in [1.82, 2.24) is 10.1 Å². The van der Waals surface area contributed by atoms with E-state index in [-0.39, 0.29) is 13.2 Å². The number of hydrogen-bond donors (Lipinski definition) is 1. The molecule has 2 rings (SSSR count). The standard InChI is InChI=1S/C11H13N3O2/c1-8-4-2-3-5-9(8)15-7-11-13-10(6-12)14-16-11/h2-5H,6-7,12H2,1H3. The van der Waals surface area contributed by atoms with Crippen LogP contribution < -0.4 is 10.5 Å². The van der Waals surface area contributed by atoms with Gasteiger partial charge in [0.15, 0.2) is 12.4 Å². The summed E-state index contributed by atoms with van der Waals surface area (Å²) in [5.41, 5.74) is 6.44. The molecular weight excluding hydrogens is 206 g/mol. The van der Waals surface area contributed by atoms with Gasteiger partial charge in [-0.1, -0.05) is 23.4 Å². The van der Waals surface area contributed by atoms with Crippen molar-refractivity contribution in [3.05, 3.63) is 41.5 Å². The van der Waals surface area contributed by atoms with Gasteiger partial charge in [-0.15, -0.1) is 0 Å². The molecule has 0 aliphatic heterocycles. The summed E-state index contributed by atoms with van der Waals surface area (Å²) in [5.74, 6) is 1.74. The second-order valence-electron chi connectivity index (χ2n) is 3.36. The summed E-state index contributed by atoms with van der Waals surface area (Å²) in [6.07, 6.45) is 0. The van der Waals surface area contributed by atoms with Gasteiger partial charge in [0.05, 0.1) is 6.54 Å². The molecule has 5 heteroatoms. The average molecular weight is 219 g/mol. The van der Waals surface area contributed by atoms with Crippen molar-refractivity contribution in [2.24, 2.45) is 5.73 Å². The summed E-state index contributed by atoms with van der Waals surface area (Å²) in [6, 6.07) is 7.76. The number of rotatable bonds is 4. The van der Waals surface area contributed by atoms with Gasteiger partial charge < -0.3 is 15.0 Å². The van der Waals surface area contributed by atoms with E-state index in [9.17, 15) is 0 Å². The summed E-state index contributed by atoms with van der Waals surface area (Å²) in [5, 5.41) is 3.68. The molecule has 0 unspecified atom stereocenters. The topological polar surface area (TPSA) is 74.2 Å². The largest absolute Gasteiger partial charge is 0.483 e. The Kier molecular flexibility index (Phi) is 3.16. The maximum Gasteiger partial charge on any atom is 0.264 e. The molecule has 0 saturated heterocycles. The van der Waals surface area contributed by atoms with Gasteiger partial charge >= 0.3 is 0 Å². The highest BCUT2D eigenvalue weighted by Crippen LogP contribution is 2.17. The number of nitrogens with two attached hydrogens (primary N) is 1. The van der Waals surface area contributed by atoms with E-state index >= 15 is 0 Å². The molecular formula is C11H13N3O2. The Labute approximate surface area is 93.2 Å². The van der Waals surface area contributed by atoms with E-state index in [4.69, 9.17) is 15.0 Å². The van der Waals surface area contributed by atoms with E-state index in [0.29, 0.717) is 11.7 Å². The van der Waals surface area contributed by atoms with Crippen LogP contribution in [0.2, 0.25) is 0 Å². The fourth-order valence-electron chi connectivity index (χ4n) is 1.29. The summed E-state index contributed by atoms with van der Waals surface area (Å²) in [6.45, 7) is 2.51. The van der Waals surface area contributed by atoms with Crippen LogP contribution in [0.5, 0.6) is 5.75 Å². The third kappa shape index (κ3) is 2.38. The zero-order valence-corrected chi connectivity index (χ0v) is 9.01. The molecule has 0 atom stereocenters. The molecule has 0 aliphatic carbocycles. The first kappa shape index (κ1) is 10.6. The molecule has 5 nitrogen and oxygen atoms in total. The van der Waals surface area contributed by atoms with Gasteiger partial charge in [-0.25, -0.2) is 0 Å². The van der Waals surface area contributed by atoms with Crippen LogP contribution in [0, 0.1) is 6.92 Å². The van der Waals surface area contributed by atoms with Crippen molar-refractivity contribution in [3.63, 3.8) is 0 Å². The molecule has 16 heavy (non-hydrogen) atoms. The molecule has 0 radical (unpaired) electrons. The second kappa shape index (κ2) is 4.76. The fraction of sp³-hybridized carbons (Fsp3) is 0.273. The molecule has 0 saturated carbocycles. The van der Waals surface area contributed by atoms with Crippen LogP contribution in [-0.4, -0.2) is 10.1 Å². The Balaban J connectivity index is 1.99. The summed E-state index contributed by atoms with van der Waals surface area (Å²) < 4.78 is 10.5. The molecule has 1 aromatic heterocycles. The van der Waals surface area contributed by atoms with Gasteiger partial charge in [0, 0.05) is 0 Å². The molecule has 0 bridgehead atoms. The van der Waals surface area contributed by atoms with Gasteiger partial charge in [0.25, 0.3) is 5.89 Å². The molecule has 0 aliphatic rings. The van der Waals surface area contributed by atoms with Gasteiger partial charge in [0.2, 0.25) is 0 Å². The molecule has 2 aromatic rings. The Hall–Kier alpha value is -1.88. The Morgan fingerprint density at radius 1 is 1.38 bits per heavy atom. The number of aryl methyl sites for hydroxylation is 1. The van der Waals surface area contributed by atoms with Crippen LogP contribution in [0.3, 0.4) is 0 Å². The van der Waals surface area contributed by atoms with Gasteiger partial charge in [-0.3, -0.25) is 0 Å². The normalized spacial score (nSPS) is 10.4. The van der Waals surface area contributed by atoms with Crippen molar-refractivity contribution in [1.29, 1.82) is 0 Å². The lowest BCUT2D eigenvalue weighted by Crippen LogP contribution is -2.00. The minimum atomic E-state index is 0.262. The molecule has 84 valence electrons. The minimum Gasteiger partial charge on any atom is -0.483 e. The highest BCUT2D eigenvalue weighted by atomic mass is 16.5. The molecule has 0 amide bonds. The maximum atomic E-state index is 5.54. The summed E-state index contributed by atoms with van der Waals surface area (Å²) in [4.78, 5) is 4.05. The van der Waals surface area contributed by atoms with Crippen LogP contribution in [-0.2, 0) is 13.2 Å². The molecule has 1 aromatic carbocycles. The van der Waals surface area contributed by atoms with Gasteiger partial charge in [0.1, 0.15) is 5.75 Å². The molecule has 0 fully saturated rings. The van der Waals surface area contributed by atoms with E-state index in [1.54, 1.807) is 0 Å². The Bertz CT molecular complexity index is 468. The van der Waals surface area contributed by atoms with E-state index in [0.717, 1.165) is 11.3 Å². The smallest absolute Gasteiger partial charge is 0.264 e. The maximum absolute atomic E-state index is 5.54. The lowest BCUT2D eigenvalue weighted by molar-refractivity contribution is 0.241. The third-order valence-electron chi connectivity index (χ3n) is 2.14. The van der Waals surface area contributed by atoms with E-state index < -0.39 is 0 Å². The van der Waals surface area contributed by atoms with Crippen molar-refractivity contribution in [2.75, 3.05) is 0 Å². The third-order valence-corrected chi connectivity index (χ3v) is 2.14. The van der Waals surface area contributed by atoms with Crippen molar-refractivity contribution in [2.45, 2.75) is 20.1 Å². The second-order valence-corrected chi connectivity index (χ2v) is 3.36. The van der Waals surface area contributed by atoms with Crippen LogP contribution in [0.25, 0.3) is 0 Å². The lowest BCUT2D eigenvalue weighted by Gasteiger charge is -2.05. The van der Waals surface area contributed by atoms with Crippen molar-refractivity contribution in [3.8, 4) is 5.75 Å². The fourth-order valence-corrected chi connectivity index (χ4v) is 1.29. The van der Waals surface area contributed by atoms with Crippen LogP contribution in [0.4, 0.5) is 0 Å². The Morgan fingerprint density at radius 2 is 2.19 bits per heavy atom. The van der Waals surface area contributed by atoms with E-state index in [1.165, 1.54) is 0 Å². The predicted molar refractivity (Wildman–Crippen MR) is 57.7 cm³/mol. The van der Waals surface area contributed by atoms with Gasteiger partial charge in [-0.05, 0) is 18.6 Å². The zero-order chi connectivity index (χ0) is 11.4. The van der Waals surface area contributed by atoms with E-state index in [2.05, 4.69) is 10.1 Å². The monoisotopic (exact) mass is 219 g/mol. The first-order valence-electron chi connectivity index (χ1n) is 4.99. The van der Waals surface area contributed by atoms with Crippen molar-refractivity contribution >= 4 is 0 Å². The number of hydrogen-bond acceptors (Lipinski definition) is 5. The minimum absolute atomic E-state index is 0.262. The average Bonchev–Trinajstić information content (AvgIpc) is 2.76. The number of ether oxygens (including phenoxy) is 1.